The van der Waals surface area contributed by atoms with E-state index in [4.69, 9.17) is 11.5 Å². The van der Waals surface area contributed by atoms with Gasteiger partial charge in [-0.3, -0.25) is 0 Å². The highest BCUT2D eigenvalue weighted by molar-refractivity contribution is 4.90. The van der Waals surface area contributed by atoms with Crippen molar-refractivity contribution in [2.24, 2.45) is 40.6 Å². The monoisotopic (exact) mass is 266 g/mol. The summed E-state index contributed by atoms with van der Waals surface area (Å²) in [5, 5.41) is 0. The molecule has 0 aromatic carbocycles. The van der Waals surface area contributed by atoms with Crippen molar-refractivity contribution in [1.29, 1.82) is 0 Å². The summed E-state index contributed by atoms with van der Waals surface area (Å²) in [4.78, 5) is 0. The second-order valence-electron chi connectivity index (χ2n) is 7.73. The van der Waals surface area contributed by atoms with Crippen LogP contribution in [0.4, 0.5) is 0 Å². The highest BCUT2D eigenvalue weighted by Gasteiger charge is 2.40. The molecule has 0 saturated heterocycles. The van der Waals surface area contributed by atoms with Gasteiger partial charge >= 0.3 is 0 Å². The van der Waals surface area contributed by atoms with Crippen molar-refractivity contribution in [1.82, 2.24) is 0 Å². The standard InChI is InChI=1S/C17H34N2/c1-17(2,15-7-3-13(11-18)4-8-15)16-9-5-14(12-19)6-10-16/h13-16H,3-12,18-19H2,1-2H3. The lowest BCUT2D eigenvalue weighted by Gasteiger charge is -2.46. The van der Waals surface area contributed by atoms with E-state index in [0.29, 0.717) is 5.41 Å². The van der Waals surface area contributed by atoms with E-state index in [1.165, 1.54) is 51.4 Å². The molecule has 0 radical (unpaired) electrons. The lowest BCUT2D eigenvalue weighted by atomic mass is 9.59. The van der Waals surface area contributed by atoms with Gasteiger partial charge in [-0.05, 0) is 93.5 Å². The number of nitrogens with two attached hydrogens (primary N) is 2. The van der Waals surface area contributed by atoms with Crippen LogP contribution in [0, 0.1) is 29.1 Å². The summed E-state index contributed by atoms with van der Waals surface area (Å²) in [6, 6.07) is 0. The fraction of sp³-hybridized carbons (Fsp3) is 1.00. The molecule has 0 heterocycles. The molecular weight excluding hydrogens is 232 g/mol. The average Bonchev–Trinajstić information content (AvgIpc) is 2.47. The van der Waals surface area contributed by atoms with Gasteiger partial charge in [0.15, 0.2) is 0 Å². The number of hydrogen-bond acceptors (Lipinski definition) is 2. The van der Waals surface area contributed by atoms with E-state index in [-0.39, 0.29) is 0 Å². The SMILES string of the molecule is CC(C)(C1CCC(CN)CC1)C1CCC(CN)CC1. The highest BCUT2D eigenvalue weighted by Crippen LogP contribution is 2.49. The van der Waals surface area contributed by atoms with Crippen molar-refractivity contribution in [3.63, 3.8) is 0 Å². The van der Waals surface area contributed by atoms with E-state index < -0.39 is 0 Å². The third kappa shape index (κ3) is 3.52. The maximum Gasteiger partial charge on any atom is -0.00489 e. The molecule has 0 atom stereocenters. The first-order chi connectivity index (χ1) is 9.07. The van der Waals surface area contributed by atoms with Gasteiger partial charge in [0.1, 0.15) is 0 Å². The van der Waals surface area contributed by atoms with Gasteiger partial charge in [-0.15, -0.1) is 0 Å². The van der Waals surface area contributed by atoms with Crippen LogP contribution in [0.15, 0.2) is 0 Å². The van der Waals surface area contributed by atoms with Crippen LogP contribution in [0.25, 0.3) is 0 Å². The van der Waals surface area contributed by atoms with Crippen molar-refractivity contribution in [3.8, 4) is 0 Å². The molecule has 4 N–H and O–H groups in total. The Hall–Kier alpha value is -0.0800. The van der Waals surface area contributed by atoms with Crippen molar-refractivity contribution >= 4 is 0 Å². The molecule has 0 aromatic heterocycles. The fourth-order valence-corrected chi connectivity index (χ4v) is 4.62. The molecule has 0 aromatic rings. The zero-order chi connectivity index (χ0) is 13.9. The molecule has 0 amide bonds. The summed E-state index contributed by atoms with van der Waals surface area (Å²) in [6.45, 7) is 6.87. The lowest BCUT2D eigenvalue weighted by molar-refractivity contribution is 0.0404. The predicted octanol–water partition coefficient (Wildman–Crippen LogP) is 3.54. The van der Waals surface area contributed by atoms with Crippen LogP contribution in [0.3, 0.4) is 0 Å². The Morgan fingerprint density at radius 1 is 0.684 bits per heavy atom. The minimum atomic E-state index is 0.527. The van der Waals surface area contributed by atoms with Gasteiger partial charge in [0, 0.05) is 0 Å². The summed E-state index contributed by atoms with van der Waals surface area (Å²) >= 11 is 0. The third-order valence-electron chi connectivity index (χ3n) is 6.46. The van der Waals surface area contributed by atoms with Crippen LogP contribution < -0.4 is 11.5 Å². The summed E-state index contributed by atoms with van der Waals surface area (Å²) in [6.07, 6.45) is 11.1. The molecule has 2 aliphatic carbocycles. The van der Waals surface area contributed by atoms with Crippen molar-refractivity contribution in [2.75, 3.05) is 13.1 Å². The molecule has 2 nitrogen and oxygen atoms in total. The maximum absolute atomic E-state index is 5.82. The lowest BCUT2D eigenvalue weighted by Crippen LogP contribution is -2.38. The molecule has 0 aliphatic heterocycles. The zero-order valence-corrected chi connectivity index (χ0v) is 13.0. The Balaban J connectivity index is 1.88. The van der Waals surface area contributed by atoms with Gasteiger partial charge in [-0.1, -0.05) is 13.8 Å². The molecular formula is C17H34N2. The Morgan fingerprint density at radius 2 is 1.00 bits per heavy atom. The molecule has 0 unspecified atom stereocenters. The van der Waals surface area contributed by atoms with Crippen LogP contribution in [-0.4, -0.2) is 13.1 Å². The van der Waals surface area contributed by atoms with Crippen molar-refractivity contribution in [3.05, 3.63) is 0 Å². The van der Waals surface area contributed by atoms with E-state index in [9.17, 15) is 0 Å². The van der Waals surface area contributed by atoms with Gasteiger partial charge in [0.05, 0.1) is 0 Å². The number of rotatable bonds is 4. The van der Waals surface area contributed by atoms with E-state index in [0.717, 1.165) is 36.8 Å². The highest BCUT2D eigenvalue weighted by atomic mass is 14.6. The first-order valence-electron chi connectivity index (χ1n) is 8.48. The molecule has 2 aliphatic rings. The normalized spacial score (nSPS) is 37.3. The molecule has 0 bridgehead atoms. The third-order valence-corrected chi connectivity index (χ3v) is 6.46. The Morgan fingerprint density at radius 3 is 1.26 bits per heavy atom. The number of hydrogen-bond donors (Lipinski definition) is 2. The minimum Gasteiger partial charge on any atom is -0.330 e. The molecule has 0 spiro atoms. The molecule has 2 rings (SSSR count). The van der Waals surface area contributed by atoms with Crippen LogP contribution in [0.2, 0.25) is 0 Å². The second-order valence-corrected chi connectivity index (χ2v) is 7.73. The smallest absolute Gasteiger partial charge is 0.00489 e. The van der Waals surface area contributed by atoms with Gasteiger partial charge < -0.3 is 11.5 Å². The second kappa shape index (κ2) is 6.58. The topological polar surface area (TPSA) is 52.0 Å². The zero-order valence-electron chi connectivity index (χ0n) is 13.0. The van der Waals surface area contributed by atoms with E-state index in [2.05, 4.69) is 13.8 Å². The first kappa shape index (κ1) is 15.3. The van der Waals surface area contributed by atoms with Gasteiger partial charge in [-0.25, -0.2) is 0 Å². The quantitative estimate of drug-likeness (QED) is 0.817. The van der Waals surface area contributed by atoms with E-state index in [1.807, 2.05) is 0 Å². The summed E-state index contributed by atoms with van der Waals surface area (Å²) in [5.74, 6) is 3.46. The van der Waals surface area contributed by atoms with Gasteiger partial charge in [0.2, 0.25) is 0 Å². The molecule has 19 heavy (non-hydrogen) atoms. The Labute approximate surface area is 119 Å². The largest absolute Gasteiger partial charge is 0.330 e. The van der Waals surface area contributed by atoms with Crippen LogP contribution in [0.1, 0.15) is 65.2 Å². The summed E-state index contributed by atoms with van der Waals surface area (Å²) in [5.41, 5.74) is 12.2. The Kier molecular flexibility index (Phi) is 5.30. The molecule has 2 saturated carbocycles. The van der Waals surface area contributed by atoms with E-state index in [1.54, 1.807) is 0 Å². The van der Waals surface area contributed by atoms with E-state index >= 15 is 0 Å². The molecule has 2 fully saturated rings. The van der Waals surface area contributed by atoms with Crippen LogP contribution in [0.5, 0.6) is 0 Å². The average molecular weight is 266 g/mol. The summed E-state index contributed by atoms with van der Waals surface area (Å²) < 4.78 is 0. The van der Waals surface area contributed by atoms with Crippen LogP contribution >= 0.6 is 0 Å². The van der Waals surface area contributed by atoms with Crippen LogP contribution in [-0.2, 0) is 0 Å². The molecule has 112 valence electrons. The summed E-state index contributed by atoms with van der Waals surface area (Å²) in [7, 11) is 0. The Bertz CT molecular complexity index is 232. The minimum absolute atomic E-state index is 0.527. The van der Waals surface area contributed by atoms with Gasteiger partial charge in [0.25, 0.3) is 0 Å². The first-order valence-corrected chi connectivity index (χ1v) is 8.48. The van der Waals surface area contributed by atoms with Crippen molar-refractivity contribution < 1.29 is 0 Å². The molecule has 2 heteroatoms. The van der Waals surface area contributed by atoms with Gasteiger partial charge in [-0.2, -0.15) is 0 Å². The van der Waals surface area contributed by atoms with Crippen molar-refractivity contribution in [2.45, 2.75) is 65.2 Å². The predicted molar refractivity (Wildman–Crippen MR) is 82.8 cm³/mol. The fourth-order valence-electron chi connectivity index (χ4n) is 4.62. The maximum atomic E-state index is 5.82.